The molecule has 3 N–H and O–H groups in total. The molecule has 1 aliphatic carbocycles. The van der Waals surface area contributed by atoms with Crippen LogP contribution in [0.1, 0.15) is 50.8 Å². The van der Waals surface area contributed by atoms with Crippen molar-refractivity contribution in [3.63, 3.8) is 0 Å². The Labute approximate surface area is 122 Å². The molecular weight excluding hydrogens is 286 g/mol. The summed E-state index contributed by atoms with van der Waals surface area (Å²) in [5.41, 5.74) is 3.39. The average molecular weight is 307 g/mol. The molecule has 7 heteroatoms. The molecule has 1 aromatic rings. The topological polar surface area (TPSA) is 55.9 Å². The largest absolute Gasteiger partial charge is 0.271 e. The van der Waals surface area contributed by atoms with Gasteiger partial charge in [-0.15, -0.1) is 0 Å². The summed E-state index contributed by atoms with van der Waals surface area (Å²) in [6.45, 7) is 2.72. The number of hydrazine groups is 1. The summed E-state index contributed by atoms with van der Waals surface area (Å²) < 4.78 is 29.0. The molecule has 1 aliphatic rings. The number of alkyl halides is 2. The summed E-state index contributed by atoms with van der Waals surface area (Å²) >= 11 is 6.18. The number of aryl methyl sites for hydroxylation is 1. The molecule has 4 nitrogen and oxygen atoms in total. The molecule has 20 heavy (non-hydrogen) atoms. The minimum Gasteiger partial charge on any atom is -0.271 e. The van der Waals surface area contributed by atoms with Gasteiger partial charge in [0.25, 0.3) is 0 Å². The van der Waals surface area contributed by atoms with Gasteiger partial charge in [0.05, 0.1) is 23.0 Å². The van der Waals surface area contributed by atoms with Crippen LogP contribution in [0.5, 0.6) is 0 Å². The standard InChI is InChI=1S/C13H21ClF2N4/c1-2-6-20-12(10(14)8-18-20)11(19-17)9-4-3-5-13(15,16)7-9/h8-9,11,19H,2-7,17H2,1H3. The van der Waals surface area contributed by atoms with Crippen LogP contribution in [0.4, 0.5) is 8.78 Å². The monoisotopic (exact) mass is 306 g/mol. The normalized spacial score (nSPS) is 23.8. The number of rotatable bonds is 5. The fraction of sp³-hybridized carbons (Fsp3) is 0.769. The molecule has 0 aromatic carbocycles. The second-order valence-electron chi connectivity index (χ2n) is 5.46. The third-order valence-corrected chi connectivity index (χ3v) is 4.18. The highest BCUT2D eigenvalue weighted by Crippen LogP contribution is 2.43. The van der Waals surface area contributed by atoms with Crippen molar-refractivity contribution >= 4 is 11.6 Å². The van der Waals surface area contributed by atoms with Gasteiger partial charge in [0, 0.05) is 19.4 Å². The second kappa shape index (κ2) is 6.37. The molecule has 2 rings (SSSR count). The molecule has 1 saturated carbocycles. The molecule has 0 saturated heterocycles. The Kier molecular flexibility index (Phi) is 4.99. The van der Waals surface area contributed by atoms with Gasteiger partial charge >= 0.3 is 0 Å². The van der Waals surface area contributed by atoms with E-state index in [1.54, 1.807) is 10.9 Å². The maximum atomic E-state index is 13.6. The van der Waals surface area contributed by atoms with Crippen molar-refractivity contribution in [3.8, 4) is 0 Å². The van der Waals surface area contributed by atoms with E-state index in [1.807, 2.05) is 6.92 Å². The molecule has 2 atom stereocenters. The first-order valence-electron chi connectivity index (χ1n) is 7.03. The summed E-state index contributed by atoms with van der Waals surface area (Å²) in [5.74, 6) is 2.78. The van der Waals surface area contributed by atoms with Crippen molar-refractivity contribution in [2.45, 2.75) is 57.5 Å². The van der Waals surface area contributed by atoms with Crippen molar-refractivity contribution < 1.29 is 8.78 Å². The van der Waals surface area contributed by atoms with Crippen LogP contribution in [0.2, 0.25) is 5.02 Å². The van der Waals surface area contributed by atoms with Gasteiger partial charge in [-0.1, -0.05) is 18.5 Å². The van der Waals surface area contributed by atoms with Gasteiger partial charge in [-0.2, -0.15) is 5.10 Å². The van der Waals surface area contributed by atoms with Gasteiger partial charge < -0.3 is 0 Å². The van der Waals surface area contributed by atoms with E-state index in [0.29, 0.717) is 18.0 Å². The Morgan fingerprint density at radius 3 is 3.00 bits per heavy atom. The number of hydrogen-bond donors (Lipinski definition) is 2. The molecule has 114 valence electrons. The minimum absolute atomic E-state index is 0.0389. The quantitative estimate of drug-likeness (QED) is 0.648. The summed E-state index contributed by atoms with van der Waals surface area (Å²) in [6, 6.07) is -0.386. The van der Waals surface area contributed by atoms with E-state index in [2.05, 4.69) is 10.5 Å². The van der Waals surface area contributed by atoms with E-state index < -0.39 is 5.92 Å². The molecule has 0 radical (unpaired) electrons. The molecule has 0 bridgehead atoms. The lowest BCUT2D eigenvalue weighted by Gasteiger charge is -2.34. The Morgan fingerprint density at radius 2 is 2.40 bits per heavy atom. The van der Waals surface area contributed by atoms with E-state index in [9.17, 15) is 8.78 Å². The fourth-order valence-electron chi connectivity index (χ4n) is 3.00. The molecule has 1 fully saturated rings. The molecule has 0 spiro atoms. The molecule has 0 aliphatic heterocycles. The molecule has 0 amide bonds. The van der Waals surface area contributed by atoms with Crippen molar-refractivity contribution in [3.05, 3.63) is 16.9 Å². The number of nitrogens with two attached hydrogens (primary N) is 1. The van der Waals surface area contributed by atoms with Gasteiger partial charge in [0.2, 0.25) is 5.92 Å². The van der Waals surface area contributed by atoms with Crippen molar-refractivity contribution in [2.75, 3.05) is 0 Å². The zero-order valence-corrected chi connectivity index (χ0v) is 12.3. The number of hydrogen-bond acceptors (Lipinski definition) is 3. The Hall–Kier alpha value is -0.720. The maximum Gasteiger partial charge on any atom is 0.248 e. The van der Waals surface area contributed by atoms with E-state index in [0.717, 1.165) is 18.5 Å². The average Bonchev–Trinajstić information content (AvgIpc) is 2.72. The second-order valence-corrected chi connectivity index (χ2v) is 5.86. The Morgan fingerprint density at radius 1 is 1.65 bits per heavy atom. The van der Waals surface area contributed by atoms with Crippen LogP contribution in [0.15, 0.2) is 6.20 Å². The fourth-order valence-corrected chi connectivity index (χ4v) is 3.26. The number of nitrogens with zero attached hydrogens (tertiary/aromatic N) is 2. The van der Waals surface area contributed by atoms with Crippen molar-refractivity contribution in [1.82, 2.24) is 15.2 Å². The van der Waals surface area contributed by atoms with E-state index >= 15 is 0 Å². The number of aromatic nitrogens is 2. The van der Waals surface area contributed by atoms with Gasteiger partial charge in [-0.3, -0.25) is 16.0 Å². The smallest absolute Gasteiger partial charge is 0.248 e. The van der Waals surface area contributed by atoms with E-state index in [4.69, 9.17) is 17.4 Å². The summed E-state index contributed by atoms with van der Waals surface area (Å²) in [5, 5.41) is 4.69. The highest BCUT2D eigenvalue weighted by atomic mass is 35.5. The van der Waals surface area contributed by atoms with Gasteiger partial charge in [-0.25, -0.2) is 8.78 Å². The predicted octanol–water partition coefficient (Wildman–Crippen LogP) is 3.28. The van der Waals surface area contributed by atoms with Crippen LogP contribution in [-0.2, 0) is 6.54 Å². The minimum atomic E-state index is -2.61. The number of halogens is 3. The van der Waals surface area contributed by atoms with Gasteiger partial charge in [-0.05, 0) is 25.2 Å². The lowest BCUT2D eigenvalue weighted by atomic mass is 9.81. The summed E-state index contributed by atoms with van der Waals surface area (Å²) in [7, 11) is 0. The van der Waals surface area contributed by atoms with Crippen LogP contribution >= 0.6 is 11.6 Å². The molecule has 1 heterocycles. The zero-order chi connectivity index (χ0) is 14.8. The first-order valence-corrected chi connectivity index (χ1v) is 7.41. The summed E-state index contributed by atoms with van der Waals surface area (Å²) in [6.07, 6.45) is 3.48. The number of nitrogens with one attached hydrogen (secondary N) is 1. The van der Waals surface area contributed by atoms with Crippen LogP contribution in [0, 0.1) is 5.92 Å². The van der Waals surface area contributed by atoms with Crippen molar-refractivity contribution in [1.29, 1.82) is 0 Å². The van der Waals surface area contributed by atoms with Gasteiger partial charge in [0.1, 0.15) is 0 Å². The third-order valence-electron chi connectivity index (χ3n) is 3.89. The van der Waals surface area contributed by atoms with Crippen LogP contribution in [0.25, 0.3) is 0 Å². The third kappa shape index (κ3) is 3.30. The Bertz CT molecular complexity index is 450. The Balaban J connectivity index is 2.25. The van der Waals surface area contributed by atoms with Crippen molar-refractivity contribution in [2.24, 2.45) is 11.8 Å². The van der Waals surface area contributed by atoms with Gasteiger partial charge in [0.15, 0.2) is 0 Å². The van der Waals surface area contributed by atoms with Crippen LogP contribution in [0.3, 0.4) is 0 Å². The van der Waals surface area contributed by atoms with E-state index in [-0.39, 0.29) is 24.8 Å². The highest BCUT2D eigenvalue weighted by Gasteiger charge is 2.40. The maximum absolute atomic E-state index is 13.6. The summed E-state index contributed by atoms with van der Waals surface area (Å²) in [4.78, 5) is 0. The van der Waals surface area contributed by atoms with E-state index in [1.165, 1.54) is 0 Å². The molecule has 1 aromatic heterocycles. The highest BCUT2D eigenvalue weighted by molar-refractivity contribution is 6.31. The lowest BCUT2D eigenvalue weighted by molar-refractivity contribution is -0.0588. The zero-order valence-electron chi connectivity index (χ0n) is 11.6. The molecular formula is C13H21ClF2N4. The lowest BCUT2D eigenvalue weighted by Crippen LogP contribution is -2.39. The van der Waals surface area contributed by atoms with Crippen LogP contribution in [-0.4, -0.2) is 15.7 Å². The molecule has 2 unspecified atom stereocenters. The SMILES string of the molecule is CCCn1ncc(Cl)c1C(NN)C1CCCC(F)(F)C1. The predicted molar refractivity (Wildman–Crippen MR) is 74.5 cm³/mol. The first kappa shape index (κ1) is 15.7. The first-order chi connectivity index (χ1) is 9.48. The van der Waals surface area contributed by atoms with Crippen LogP contribution < -0.4 is 11.3 Å².